The molecule has 0 atom stereocenters. The number of aromatic nitrogens is 4. The van der Waals surface area contributed by atoms with Crippen LogP contribution in [0.15, 0.2) is 28.8 Å². The zero-order chi connectivity index (χ0) is 27.0. The van der Waals surface area contributed by atoms with Gasteiger partial charge in [-0.05, 0) is 38.8 Å². The number of carbonyl (C=O) groups excluding carboxylic acids is 2. The second-order valence-corrected chi connectivity index (χ2v) is 8.20. The predicted molar refractivity (Wildman–Crippen MR) is 122 cm³/mol. The van der Waals surface area contributed by atoms with E-state index in [1.54, 1.807) is 18.2 Å². The molecule has 4 rings (SSSR count). The second-order valence-electron chi connectivity index (χ2n) is 8.20. The molecule has 12 heteroatoms. The van der Waals surface area contributed by atoms with Crippen LogP contribution in [0.5, 0.6) is 5.75 Å². The summed E-state index contributed by atoms with van der Waals surface area (Å²) in [6.45, 7) is 0.264. The predicted octanol–water partition coefficient (Wildman–Crippen LogP) is 2.21. The van der Waals surface area contributed by atoms with E-state index in [1.807, 2.05) is 5.32 Å². The van der Waals surface area contributed by atoms with Gasteiger partial charge >= 0.3 is 0 Å². The third-order valence-electron chi connectivity index (χ3n) is 5.01. The van der Waals surface area contributed by atoms with Crippen LogP contribution in [0.25, 0.3) is 11.5 Å². The smallest absolute Gasteiger partial charge is 0.273 e. The van der Waals surface area contributed by atoms with Crippen molar-refractivity contribution in [1.82, 2.24) is 25.7 Å². The molecule has 1 fully saturated rings. The van der Waals surface area contributed by atoms with Gasteiger partial charge in [0.15, 0.2) is 17.3 Å². The van der Waals surface area contributed by atoms with E-state index < -0.39 is 18.5 Å². The third kappa shape index (κ3) is 4.81. The summed E-state index contributed by atoms with van der Waals surface area (Å²) in [5.41, 5.74) is -0.886. The van der Waals surface area contributed by atoms with Crippen LogP contribution in [0, 0.1) is 5.92 Å². The van der Waals surface area contributed by atoms with Gasteiger partial charge in [-0.15, -0.1) is 10.2 Å². The van der Waals surface area contributed by atoms with Crippen molar-refractivity contribution in [2.24, 2.45) is 5.92 Å². The molecule has 2 amide bonds. The lowest BCUT2D eigenvalue weighted by Crippen LogP contribution is -2.22. The van der Waals surface area contributed by atoms with Gasteiger partial charge < -0.3 is 30.3 Å². The molecule has 0 bridgehead atoms. The number of rotatable bonds is 8. The van der Waals surface area contributed by atoms with E-state index in [2.05, 4.69) is 31.0 Å². The van der Waals surface area contributed by atoms with Gasteiger partial charge in [0.2, 0.25) is 11.7 Å². The number of nitrogens with one attached hydrogen (secondary N) is 3. The molecule has 0 spiro atoms. The van der Waals surface area contributed by atoms with Crippen molar-refractivity contribution in [1.29, 1.82) is 0 Å². The topological polar surface area (TPSA) is 164 Å². The first-order valence-corrected chi connectivity index (χ1v) is 10.4. The second kappa shape index (κ2) is 9.06. The van der Waals surface area contributed by atoms with Crippen molar-refractivity contribution in [2.75, 3.05) is 24.7 Å². The summed E-state index contributed by atoms with van der Waals surface area (Å²) >= 11 is 0. The van der Waals surface area contributed by atoms with Gasteiger partial charge in [0.05, 0.1) is 24.0 Å². The lowest BCUT2D eigenvalue weighted by atomic mass is 10.1. The highest BCUT2D eigenvalue weighted by Gasteiger charge is 2.30. The summed E-state index contributed by atoms with van der Waals surface area (Å²) in [4.78, 5) is 29.1. The zero-order valence-corrected chi connectivity index (χ0v) is 18.7. The van der Waals surface area contributed by atoms with E-state index in [-0.39, 0.29) is 46.5 Å². The maximum absolute atomic E-state index is 12.7. The molecule has 34 heavy (non-hydrogen) atoms. The minimum atomic E-state index is -2.76. The standard InChI is InChI=1S/C22H25N7O5/c1-22(2,32)21-26-20(34-29-21)12-6-5-7-13(17(12)33-4)24-14-10-15(25-18(30)11-8-9-11)27-28-16(14)19(31)23-3/h5-7,10-11,32H,8-9H2,1-4H3,(H,23,31)(H2,24,25,27,30)/i3D3. The van der Waals surface area contributed by atoms with E-state index in [9.17, 15) is 14.7 Å². The quantitative estimate of drug-likeness (QED) is 0.383. The maximum Gasteiger partial charge on any atom is 0.273 e. The highest BCUT2D eigenvalue weighted by atomic mass is 16.5. The third-order valence-corrected chi connectivity index (χ3v) is 5.01. The zero-order valence-electron chi connectivity index (χ0n) is 21.7. The van der Waals surface area contributed by atoms with Gasteiger partial charge in [0.1, 0.15) is 5.60 Å². The monoisotopic (exact) mass is 470 g/mol. The Morgan fingerprint density at radius 1 is 1.26 bits per heavy atom. The summed E-state index contributed by atoms with van der Waals surface area (Å²) in [5, 5.41) is 29.2. The summed E-state index contributed by atoms with van der Waals surface area (Å²) < 4.78 is 32.9. The summed E-state index contributed by atoms with van der Waals surface area (Å²) in [5.74, 6) is -0.862. The van der Waals surface area contributed by atoms with Crippen LogP contribution >= 0.6 is 0 Å². The molecule has 1 aliphatic rings. The van der Waals surface area contributed by atoms with Gasteiger partial charge in [-0.25, -0.2) is 0 Å². The molecular weight excluding hydrogens is 442 g/mol. The minimum absolute atomic E-state index is 0.0565. The molecular formula is C22H25N7O5. The Balaban J connectivity index is 1.72. The number of amides is 2. The molecule has 0 saturated heterocycles. The van der Waals surface area contributed by atoms with Crippen LogP contribution < -0.4 is 20.7 Å². The number of ether oxygens (including phenoxy) is 1. The van der Waals surface area contributed by atoms with Gasteiger partial charge in [-0.3, -0.25) is 9.59 Å². The van der Waals surface area contributed by atoms with E-state index >= 15 is 0 Å². The Morgan fingerprint density at radius 3 is 2.71 bits per heavy atom. The van der Waals surface area contributed by atoms with Crippen molar-refractivity contribution >= 4 is 29.0 Å². The molecule has 2 aromatic heterocycles. The SMILES string of the molecule is [2H]C([2H])([2H])NC(=O)c1nnc(NC(=O)C2CC2)cc1Nc1cccc(-c2nc(C(C)(C)O)no2)c1OC. The minimum Gasteiger partial charge on any atom is -0.494 e. The van der Waals surface area contributed by atoms with Gasteiger partial charge in [0, 0.05) is 23.1 Å². The summed E-state index contributed by atoms with van der Waals surface area (Å²) in [7, 11) is 1.41. The molecule has 1 aromatic carbocycles. The molecule has 4 N–H and O–H groups in total. The van der Waals surface area contributed by atoms with Gasteiger partial charge in [0.25, 0.3) is 11.8 Å². The highest BCUT2D eigenvalue weighted by Crippen LogP contribution is 2.38. The van der Waals surface area contributed by atoms with Crippen LogP contribution in [0.3, 0.4) is 0 Å². The fourth-order valence-electron chi connectivity index (χ4n) is 3.10. The van der Waals surface area contributed by atoms with Crippen molar-refractivity contribution < 1.29 is 28.1 Å². The maximum atomic E-state index is 12.7. The normalized spacial score (nSPS) is 15.0. The van der Waals surface area contributed by atoms with Crippen LogP contribution in [-0.2, 0) is 10.4 Å². The molecule has 2 heterocycles. The number of benzene rings is 1. The summed E-state index contributed by atoms with van der Waals surface area (Å²) in [6.07, 6.45) is 1.55. The van der Waals surface area contributed by atoms with Crippen molar-refractivity contribution in [3.05, 3.63) is 35.8 Å². The van der Waals surface area contributed by atoms with Crippen molar-refractivity contribution in [3.8, 4) is 17.2 Å². The van der Waals surface area contributed by atoms with Gasteiger partial charge in [-0.1, -0.05) is 11.2 Å². The fraction of sp³-hybridized carbons (Fsp3) is 0.364. The first-order chi connectivity index (χ1) is 17.4. The fourth-order valence-corrected chi connectivity index (χ4v) is 3.10. The number of methoxy groups -OCH3 is 1. The number of hydrogen-bond acceptors (Lipinski definition) is 10. The number of anilines is 3. The molecule has 0 aliphatic heterocycles. The Hall–Kier alpha value is -4.06. The average molecular weight is 471 g/mol. The largest absolute Gasteiger partial charge is 0.494 e. The number of carbonyl (C=O) groups is 2. The van der Waals surface area contributed by atoms with E-state index in [0.29, 0.717) is 11.3 Å². The lowest BCUT2D eigenvalue weighted by Gasteiger charge is -2.16. The molecule has 1 saturated carbocycles. The van der Waals surface area contributed by atoms with E-state index in [1.165, 1.54) is 27.0 Å². The Morgan fingerprint density at radius 2 is 2.06 bits per heavy atom. The lowest BCUT2D eigenvalue weighted by molar-refractivity contribution is -0.117. The van der Waals surface area contributed by atoms with Crippen LogP contribution in [0.4, 0.5) is 17.2 Å². The Labute approximate surface area is 199 Å². The number of hydrogen-bond donors (Lipinski definition) is 4. The molecule has 0 unspecified atom stereocenters. The number of nitrogens with zero attached hydrogens (tertiary/aromatic N) is 4. The summed E-state index contributed by atoms with van der Waals surface area (Å²) in [6, 6.07) is 6.30. The Kier molecular flexibility index (Phi) is 5.17. The molecule has 0 radical (unpaired) electrons. The van der Waals surface area contributed by atoms with Gasteiger partial charge in [-0.2, -0.15) is 4.98 Å². The highest BCUT2D eigenvalue weighted by molar-refractivity contribution is 6.00. The average Bonchev–Trinajstić information content (AvgIpc) is 3.53. The number of aliphatic hydroxyl groups is 1. The molecule has 1 aliphatic carbocycles. The van der Waals surface area contributed by atoms with Crippen LogP contribution in [0.2, 0.25) is 0 Å². The first-order valence-electron chi connectivity index (χ1n) is 11.9. The van der Waals surface area contributed by atoms with Crippen molar-refractivity contribution in [3.63, 3.8) is 0 Å². The van der Waals surface area contributed by atoms with E-state index in [4.69, 9.17) is 13.4 Å². The van der Waals surface area contributed by atoms with E-state index in [0.717, 1.165) is 12.8 Å². The molecule has 3 aromatic rings. The Bertz CT molecular complexity index is 1330. The van der Waals surface area contributed by atoms with Crippen molar-refractivity contribution in [2.45, 2.75) is 32.3 Å². The first kappa shape index (κ1) is 19.4. The van der Waals surface area contributed by atoms with Crippen LogP contribution in [0.1, 0.15) is 47.1 Å². The molecule has 12 nitrogen and oxygen atoms in total. The van der Waals surface area contributed by atoms with Crippen LogP contribution in [-0.4, -0.2) is 51.3 Å². The molecule has 178 valence electrons. The number of para-hydroxylation sites is 1.